The molecule has 5 nitrogen and oxygen atoms in total. The lowest BCUT2D eigenvalue weighted by atomic mass is 9.72. The highest BCUT2D eigenvalue weighted by Gasteiger charge is 2.40. The number of aromatic nitrogens is 1. The summed E-state index contributed by atoms with van der Waals surface area (Å²) in [4.78, 5) is 20.9. The van der Waals surface area contributed by atoms with Crippen LogP contribution in [0, 0.1) is 11.2 Å². The molecule has 2 aliphatic rings. The predicted octanol–water partition coefficient (Wildman–Crippen LogP) is 3.63. The smallest absolute Gasteiger partial charge is 0.222 e. The Balaban J connectivity index is 1.38. The minimum atomic E-state index is -0.230. The third-order valence-electron chi connectivity index (χ3n) is 6.42. The molecule has 1 aromatic heterocycles. The number of hydrogen-bond acceptors (Lipinski definition) is 4. The van der Waals surface area contributed by atoms with E-state index in [0.29, 0.717) is 19.5 Å². The van der Waals surface area contributed by atoms with E-state index in [1.807, 2.05) is 17.0 Å². The fraction of sp³-hybridized carbons (Fsp3) is 0.478. The van der Waals surface area contributed by atoms with Crippen LogP contribution in [0.5, 0.6) is 5.75 Å². The number of benzene rings is 1. The summed E-state index contributed by atoms with van der Waals surface area (Å²) >= 11 is 0. The van der Waals surface area contributed by atoms with Crippen molar-refractivity contribution < 1.29 is 13.9 Å². The molecule has 6 heteroatoms. The highest BCUT2D eigenvalue weighted by atomic mass is 19.1. The van der Waals surface area contributed by atoms with Crippen molar-refractivity contribution in [2.24, 2.45) is 5.41 Å². The van der Waals surface area contributed by atoms with Crippen LogP contribution in [0.4, 0.5) is 4.39 Å². The van der Waals surface area contributed by atoms with Crippen LogP contribution in [-0.4, -0.2) is 47.4 Å². The first-order chi connectivity index (χ1) is 14.1. The third kappa shape index (κ3) is 4.58. The average molecular weight is 397 g/mol. The topological polar surface area (TPSA) is 45.7 Å². The fourth-order valence-corrected chi connectivity index (χ4v) is 4.66. The Morgan fingerprint density at radius 1 is 1.10 bits per heavy atom. The van der Waals surface area contributed by atoms with E-state index in [0.717, 1.165) is 55.8 Å². The van der Waals surface area contributed by atoms with E-state index in [-0.39, 0.29) is 17.1 Å². The molecule has 0 bridgehead atoms. The first-order valence-electron chi connectivity index (χ1n) is 10.3. The van der Waals surface area contributed by atoms with Gasteiger partial charge in [0.25, 0.3) is 0 Å². The second kappa shape index (κ2) is 8.49. The van der Waals surface area contributed by atoms with Gasteiger partial charge in [-0.05, 0) is 73.7 Å². The molecule has 0 saturated carbocycles. The first kappa shape index (κ1) is 19.8. The zero-order valence-corrected chi connectivity index (χ0v) is 16.9. The molecule has 1 amide bonds. The highest BCUT2D eigenvalue weighted by molar-refractivity contribution is 5.77. The molecule has 0 aliphatic carbocycles. The van der Waals surface area contributed by atoms with Crippen molar-refractivity contribution >= 4 is 5.91 Å². The minimum absolute atomic E-state index is 0.198. The predicted molar refractivity (Wildman–Crippen MR) is 109 cm³/mol. The number of ether oxygens (including phenoxy) is 1. The molecule has 1 aromatic carbocycles. The number of hydrogen-bond donors (Lipinski definition) is 0. The molecular weight excluding hydrogens is 369 g/mol. The maximum absolute atomic E-state index is 13.7. The van der Waals surface area contributed by atoms with Crippen LogP contribution in [0.25, 0.3) is 0 Å². The summed E-state index contributed by atoms with van der Waals surface area (Å²) in [5.41, 5.74) is 2.21. The van der Waals surface area contributed by atoms with E-state index in [4.69, 9.17) is 4.74 Å². The largest absolute Gasteiger partial charge is 0.496 e. The van der Waals surface area contributed by atoms with Gasteiger partial charge >= 0.3 is 0 Å². The highest BCUT2D eigenvalue weighted by Crippen LogP contribution is 2.41. The van der Waals surface area contributed by atoms with E-state index >= 15 is 0 Å². The molecule has 2 aliphatic heterocycles. The molecule has 2 saturated heterocycles. The summed E-state index contributed by atoms with van der Waals surface area (Å²) in [5.74, 6) is 0.754. The van der Waals surface area contributed by atoms with E-state index < -0.39 is 0 Å². The van der Waals surface area contributed by atoms with E-state index in [9.17, 15) is 9.18 Å². The average Bonchev–Trinajstić information content (AvgIpc) is 2.74. The van der Waals surface area contributed by atoms with Crippen molar-refractivity contribution in [3.8, 4) is 5.75 Å². The number of carbonyl (C=O) groups excluding carboxylic acids is 1. The molecule has 4 rings (SSSR count). The van der Waals surface area contributed by atoms with Gasteiger partial charge in [0.2, 0.25) is 5.91 Å². The molecule has 2 aromatic rings. The first-order valence-corrected chi connectivity index (χ1v) is 10.3. The summed E-state index contributed by atoms with van der Waals surface area (Å²) in [5, 5.41) is 0. The number of methoxy groups -OCH3 is 1. The molecular formula is C23H28FN3O2. The fourth-order valence-electron chi connectivity index (χ4n) is 4.66. The van der Waals surface area contributed by atoms with Crippen molar-refractivity contribution in [3.05, 3.63) is 59.7 Å². The van der Waals surface area contributed by atoms with Crippen molar-refractivity contribution in [2.45, 2.75) is 38.8 Å². The summed E-state index contributed by atoms with van der Waals surface area (Å²) < 4.78 is 19.1. The number of pyridine rings is 1. The summed E-state index contributed by atoms with van der Waals surface area (Å²) in [6.07, 6.45) is 7.27. The standard InChI is InChI=1S/C23H28FN3O2/c1-29-21-3-2-20(24)14-19(21)16-26-12-8-23(9-13-26)7-4-22(28)27(17-23)15-18-5-10-25-11-6-18/h2-3,5-6,10-11,14H,4,7-9,12-13,15-17H2,1H3. The molecule has 154 valence electrons. The number of amides is 1. The van der Waals surface area contributed by atoms with Crippen molar-refractivity contribution in [2.75, 3.05) is 26.7 Å². The normalized spacial score (nSPS) is 19.5. The zero-order valence-electron chi connectivity index (χ0n) is 16.9. The SMILES string of the molecule is COc1ccc(F)cc1CN1CCC2(CCC(=O)N(Cc3ccncc3)C2)CC1. The number of rotatable bonds is 5. The second-order valence-corrected chi connectivity index (χ2v) is 8.34. The Bertz CT molecular complexity index is 850. The Morgan fingerprint density at radius 2 is 1.86 bits per heavy atom. The van der Waals surface area contributed by atoms with Gasteiger partial charge in [0.05, 0.1) is 7.11 Å². The summed E-state index contributed by atoms with van der Waals surface area (Å²) in [6, 6.07) is 8.65. The number of likely N-dealkylation sites (tertiary alicyclic amines) is 2. The van der Waals surface area contributed by atoms with Crippen molar-refractivity contribution in [1.29, 1.82) is 0 Å². The van der Waals surface area contributed by atoms with Gasteiger partial charge in [-0.15, -0.1) is 0 Å². The Kier molecular flexibility index (Phi) is 5.81. The van der Waals surface area contributed by atoms with Gasteiger partial charge < -0.3 is 9.64 Å². The number of piperidine rings is 2. The van der Waals surface area contributed by atoms with Crippen molar-refractivity contribution in [3.63, 3.8) is 0 Å². The second-order valence-electron chi connectivity index (χ2n) is 8.34. The molecule has 0 atom stereocenters. The lowest BCUT2D eigenvalue weighted by Gasteiger charge is -2.47. The van der Waals surface area contributed by atoms with Crippen LogP contribution in [0.15, 0.2) is 42.7 Å². The van der Waals surface area contributed by atoms with Gasteiger partial charge in [-0.3, -0.25) is 14.7 Å². The zero-order chi connectivity index (χ0) is 20.3. The monoisotopic (exact) mass is 397 g/mol. The Hall–Kier alpha value is -2.47. The lowest BCUT2D eigenvalue weighted by molar-refractivity contribution is -0.140. The van der Waals surface area contributed by atoms with E-state index in [2.05, 4.69) is 9.88 Å². The van der Waals surface area contributed by atoms with Crippen LogP contribution < -0.4 is 4.74 Å². The maximum atomic E-state index is 13.7. The van der Waals surface area contributed by atoms with Gasteiger partial charge in [0.1, 0.15) is 11.6 Å². The van der Waals surface area contributed by atoms with Crippen LogP contribution in [0.1, 0.15) is 36.8 Å². The summed E-state index contributed by atoms with van der Waals surface area (Å²) in [6.45, 7) is 4.09. The molecule has 0 unspecified atom stereocenters. The van der Waals surface area contributed by atoms with Crippen LogP contribution in [-0.2, 0) is 17.9 Å². The molecule has 3 heterocycles. The third-order valence-corrected chi connectivity index (χ3v) is 6.42. The van der Waals surface area contributed by atoms with Crippen molar-refractivity contribution in [1.82, 2.24) is 14.8 Å². The van der Waals surface area contributed by atoms with Gasteiger partial charge in [-0.25, -0.2) is 4.39 Å². The number of nitrogens with zero attached hydrogens (tertiary/aromatic N) is 3. The quantitative estimate of drug-likeness (QED) is 0.773. The van der Waals surface area contributed by atoms with Crippen LogP contribution in [0.3, 0.4) is 0 Å². The summed E-state index contributed by atoms with van der Waals surface area (Å²) in [7, 11) is 1.62. The van der Waals surface area contributed by atoms with Gasteiger partial charge in [0.15, 0.2) is 0 Å². The molecule has 1 spiro atoms. The van der Waals surface area contributed by atoms with Gasteiger partial charge in [-0.1, -0.05) is 0 Å². The molecule has 0 N–H and O–H groups in total. The Morgan fingerprint density at radius 3 is 2.59 bits per heavy atom. The van der Waals surface area contributed by atoms with Gasteiger partial charge in [-0.2, -0.15) is 0 Å². The molecule has 2 fully saturated rings. The number of carbonyl (C=O) groups is 1. The van der Waals surface area contributed by atoms with Crippen LogP contribution in [0.2, 0.25) is 0 Å². The van der Waals surface area contributed by atoms with E-state index in [1.165, 1.54) is 6.07 Å². The molecule has 29 heavy (non-hydrogen) atoms. The molecule has 0 radical (unpaired) electrons. The lowest BCUT2D eigenvalue weighted by Crippen LogP contribution is -2.51. The minimum Gasteiger partial charge on any atom is -0.496 e. The number of halogens is 1. The Labute approximate surface area is 171 Å². The van der Waals surface area contributed by atoms with E-state index in [1.54, 1.807) is 31.6 Å². The maximum Gasteiger partial charge on any atom is 0.222 e. The van der Waals surface area contributed by atoms with Gasteiger partial charge in [0, 0.05) is 44.0 Å². The van der Waals surface area contributed by atoms with Crippen LogP contribution >= 0.6 is 0 Å².